The second kappa shape index (κ2) is 14.4. The first-order valence-corrected chi connectivity index (χ1v) is 8.54. The summed E-state index contributed by atoms with van der Waals surface area (Å²) in [5, 5.41) is 0. The van der Waals surface area contributed by atoms with Crippen LogP contribution in [0.5, 0.6) is 0 Å². The fourth-order valence-corrected chi connectivity index (χ4v) is 2.59. The molecule has 3 N–H and O–H groups in total. The monoisotopic (exact) mass is 301 g/mol. The van der Waals surface area contributed by atoms with Gasteiger partial charge in [0.1, 0.15) is 0 Å². The zero-order chi connectivity index (χ0) is 15.3. The Morgan fingerprint density at radius 1 is 0.905 bits per heavy atom. The van der Waals surface area contributed by atoms with Gasteiger partial charge in [-0.05, 0) is 6.42 Å². The van der Waals surface area contributed by atoms with Crippen molar-refractivity contribution in [3.05, 3.63) is 7.43 Å². The number of hydrogen-bond donors (Lipinski definition) is 1. The third-order valence-corrected chi connectivity index (χ3v) is 4.30. The van der Waals surface area contributed by atoms with Crippen LogP contribution >= 0.6 is 0 Å². The standard InChI is InChI=1S/C17H35NO2.CH3/c1-4-6-7-8-9-10-11-12-13-14-15-17(18,5-2)16(19)20-3;/h4-15,18H2,1-3H3;1H3/q;-1/p+1. The Bertz CT molecular complexity index is 243. The van der Waals surface area contributed by atoms with E-state index in [9.17, 15) is 4.79 Å². The maximum absolute atomic E-state index is 11.7. The molecule has 3 heteroatoms. The van der Waals surface area contributed by atoms with Crippen molar-refractivity contribution in [1.82, 2.24) is 0 Å². The number of quaternary nitrogens is 1. The number of esters is 1. The highest BCUT2D eigenvalue weighted by Gasteiger charge is 2.36. The molecule has 0 saturated carbocycles. The minimum absolute atomic E-state index is 0. The molecule has 0 heterocycles. The van der Waals surface area contributed by atoms with E-state index in [2.05, 4.69) is 12.7 Å². The largest absolute Gasteiger partial charge is 0.464 e. The van der Waals surface area contributed by atoms with Crippen LogP contribution in [0.25, 0.3) is 0 Å². The second-order valence-corrected chi connectivity index (χ2v) is 6.06. The van der Waals surface area contributed by atoms with Gasteiger partial charge in [-0.1, -0.05) is 71.6 Å². The minimum Gasteiger partial charge on any atom is -0.464 e. The topological polar surface area (TPSA) is 53.9 Å². The van der Waals surface area contributed by atoms with E-state index in [1.54, 1.807) is 0 Å². The van der Waals surface area contributed by atoms with Gasteiger partial charge in [-0.15, -0.1) is 0 Å². The number of ether oxygens (including phenoxy) is 1. The summed E-state index contributed by atoms with van der Waals surface area (Å²) in [6, 6.07) is 0. The van der Waals surface area contributed by atoms with Crippen molar-refractivity contribution >= 4 is 5.97 Å². The molecule has 0 radical (unpaired) electrons. The van der Waals surface area contributed by atoms with E-state index in [1.165, 1.54) is 64.9 Å². The van der Waals surface area contributed by atoms with Gasteiger partial charge in [0.25, 0.3) is 0 Å². The zero-order valence-electron chi connectivity index (χ0n) is 15.0. The lowest BCUT2D eigenvalue weighted by atomic mass is 9.90. The van der Waals surface area contributed by atoms with Gasteiger partial charge < -0.3 is 17.9 Å². The van der Waals surface area contributed by atoms with Gasteiger partial charge >= 0.3 is 5.97 Å². The molecule has 3 nitrogen and oxygen atoms in total. The van der Waals surface area contributed by atoms with Gasteiger partial charge in [0.05, 0.1) is 7.11 Å². The van der Waals surface area contributed by atoms with Crippen LogP contribution in [-0.2, 0) is 9.53 Å². The number of methoxy groups -OCH3 is 1. The molecule has 0 aromatic heterocycles. The van der Waals surface area contributed by atoms with Crippen molar-refractivity contribution < 1.29 is 15.3 Å². The summed E-state index contributed by atoms with van der Waals surface area (Å²) in [5.74, 6) is -0.157. The summed E-state index contributed by atoms with van der Waals surface area (Å²) in [7, 11) is 1.45. The van der Waals surface area contributed by atoms with Crippen molar-refractivity contribution in [3.63, 3.8) is 0 Å². The van der Waals surface area contributed by atoms with E-state index < -0.39 is 5.54 Å². The number of hydrogen-bond acceptors (Lipinski definition) is 2. The van der Waals surface area contributed by atoms with Gasteiger partial charge in [-0.2, -0.15) is 0 Å². The van der Waals surface area contributed by atoms with Gasteiger partial charge in [0.15, 0.2) is 5.54 Å². The molecule has 0 aromatic carbocycles. The molecule has 0 aliphatic rings. The quantitative estimate of drug-likeness (QED) is 0.313. The highest BCUT2D eigenvalue weighted by Crippen LogP contribution is 2.17. The first-order chi connectivity index (χ1) is 9.60. The molecule has 0 amide bonds. The van der Waals surface area contributed by atoms with Crippen LogP contribution in [0.2, 0.25) is 0 Å². The van der Waals surface area contributed by atoms with E-state index in [4.69, 9.17) is 4.74 Å². The maximum Gasteiger partial charge on any atom is 0.367 e. The summed E-state index contributed by atoms with van der Waals surface area (Å²) >= 11 is 0. The normalized spacial score (nSPS) is 13.3. The molecular formula is C18H39NO2. The predicted octanol–water partition coefficient (Wildman–Crippen LogP) is 4.31. The Hall–Kier alpha value is -0.570. The molecule has 0 fully saturated rings. The lowest BCUT2D eigenvalue weighted by Gasteiger charge is -2.21. The van der Waals surface area contributed by atoms with E-state index in [-0.39, 0.29) is 13.4 Å². The molecule has 0 aliphatic heterocycles. The van der Waals surface area contributed by atoms with Crippen LogP contribution in [0.4, 0.5) is 0 Å². The van der Waals surface area contributed by atoms with Crippen molar-refractivity contribution in [2.45, 2.75) is 96.4 Å². The highest BCUT2D eigenvalue weighted by atomic mass is 16.5. The molecular weight excluding hydrogens is 262 g/mol. The number of rotatable bonds is 13. The Morgan fingerprint density at radius 3 is 1.71 bits per heavy atom. The first-order valence-electron chi connectivity index (χ1n) is 8.54. The van der Waals surface area contributed by atoms with Crippen molar-refractivity contribution in [3.8, 4) is 0 Å². The van der Waals surface area contributed by atoms with Crippen LogP contribution in [-0.4, -0.2) is 18.6 Å². The summed E-state index contributed by atoms with van der Waals surface area (Å²) in [6.07, 6.45) is 14.8. The average Bonchev–Trinajstić information content (AvgIpc) is 2.48. The first kappa shape index (κ1) is 22.7. The summed E-state index contributed by atoms with van der Waals surface area (Å²) < 4.78 is 4.85. The maximum atomic E-state index is 11.7. The molecule has 0 aromatic rings. The summed E-state index contributed by atoms with van der Waals surface area (Å²) in [4.78, 5) is 11.7. The smallest absolute Gasteiger partial charge is 0.367 e. The van der Waals surface area contributed by atoms with E-state index in [0.29, 0.717) is 0 Å². The molecule has 0 aliphatic carbocycles. The molecule has 0 spiro atoms. The van der Waals surface area contributed by atoms with Crippen LogP contribution in [0.3, 0.4) is 0 Å². The van der Waals surface area contributed by atoms with E-state index >= 15 is 0 Å². The molecule has 128 valence electrons. The molecule has 21 heavy (non-hydrogen) atoms. The lowest BCUT2D eigenvalue weighted by molar-refractivity contribution is -0.465. The molecule has 0 saturated heterocycles. The van der Waals surface area contributed by atoms with Crippen LogP contribution in [0.1, 0.15) is 90.9 Å². The van der Waals surface area contributed by atoms with Crippen LogP contribution in [0.15, 0.2) is 0 Å². The van der Waals surface area contributed by atoms with Crippen molar-refractivity contribution in [1.29, 1.82) is 0 Å². The molecule has 1 unspecified atom stereocenters. The van der Waals surface area contributed by atoms with Gasteiger partial charge in [0.2, 0.25) is 0 Å². The Kier molecular flexibility index (Phi) is 15.5. The molecule has 0 rings (SSSR count). The predicted molar refractivity (Wildman–Crippen MR) is 90.8 cm³/mol. The van der Waals surface area contributed by atoms with Gasteiger partial charge in [0, 0.05) is 12.8 Å². The fraction of sp³-hybridized carbons (Fsp3) is 0.889. The summed E-state index contributed by atoms with van der Waals surface area (Å²) in [6.45, 7) is 4.27. The minimum atomic E-state index is -0.519. The average molecular weight is 302 g/mol. The Morgan fingerprint density at radius 2 is 1.33 bits per heavy atom. The zero-order valence-corrected chi connectivity index (χ0v) is 15.0. The number of unbranched alkanes of at least 4 members (excludes halogenated alkanes) is 9. The SMILES string of the molecule is CCCCCCCCCCCCC([NH3+])(CC)C(=O)OC.[CH3-]. The Balaban J connectivity index is 0. The second-order valence-electron chi connectivity index (χ2n) is 6.06. The third kappa shape index (κ3) is 10.8. The molecule has 1 atom stereocenters. The van der Waals surface area contributed by atoms with Crippen molar-refractivity contribution in [2.24, 2.45) is 0 Å². The number of carbonyl (C=O) groups excluding carboxylic acids is 1. The summed E-state index contributed by atoms with van der Waals surface area (Å²) in [5.41, 5.74) is 3.54. The van der Waals surface area contributed by atoms with Crippen LogP contribution in [0, 0.1) is 7.43 Å². The lowest BCUT2D eigenvalue weighted by Crippen LogP contribution is -2.76. The van der Waals surface area contributed by atoms with Gasteiger partial charge in [-0.3, -0.25) is 0 Å². The third-order valence-electron chi connectivity index (χ3n) is 4.30. The molecule has 0 bridgehead atoms. The Labute approximate surface area is 133 Å². The number of carbonyl (C=O) groups is 1. The van der Waals surface area contributed by atoms with E-state index in [0.717, 1.165) is 19.3 Å². The van der Waals surface area contributed by atoms with Crippen molar-refractivity contribution in [2.75, 3.05) is 7.11 Å². The van der Waals surface area contributed by atoms with Gasteiger partial charge in [-0.25, -0.2) is 4.79 Å². The van der Waals surface area contributed by atoms with E-state index in [1.807, 2.05) is 6.92 Å². The highest BCUT2D eigenvalue weighted by molar-refractivity contribution is 5.78. The van der Waals surface area contributed by atoms with Crippen LogP contribution < -0.4 is 5.73 Å². The fourth-order valence-electron chi connectivity index (χ4n) is 2.59.